The summed E-state index contributed by atoms with van der Waals surface area (Å²) in [6.45, 7) is 2.06. The largest absolute Gasteiger partial charge is 0.390 e. The third-order valence-electron chi connectivity index (χ3n) is 3.64. The van der Waals surface area contributed by atoms with Crippen molar-refractivity contribution in [1.29, 1.82) is 0 Å². The second kappa shape index (κ2) is 6.63. The smallest absolute Gasteiger partial charge is 0.311 e. The molecule has 23 heavy (non-hydrogen) atoms. The SMILES string of the molecule is CCCCC(O)[C@H]1O[C@@H](n2c(=O)sc3c(=O)[nH]c(N)nc32)CS1. The third kappa shape index (κ3) is 3.16. The first-order valence-corrected chi connectivity index (χ1v) is 9.23. The number of hydrogen-bond donors (Lipinski definition) is 3. The first kappa shape index (κ1) is 16.5. The molecule has 2 aromatic rings. The Balaban J connectivity index is 1.89. The average molecular weight is 358 g/mol. The number of aromatic nitrogens is 3. The highest BCUT2D eigenvalue weighted by atomic mass is 32.2. The molecular weight excluding hydrogens is 340 g/mol. The Labute approximate surface area is 139 Å². The minimum Gasteiger partial charge on any atom is -0.390 e. The van der Waals surface area contributed by atoms with E-state index in [2.05, 4.69) is 16.9 Å². The fourth-order valence-corrected chi connectivity index (χ4v) is 4.50. The summed E-state index contributed by atoms with van der Waals surface area (Å²) in [6, 6.07) is 0. The summed E-state index contributed by atoms with van der Waals surface area (Å²) < 4.78 is 7.40. The fraction of sp³-hybridized carbons (Fsp3) is 0.615. The van der Waals surface area contributed by atoms with E-state index in [0.29, 0.717) is 12.2 Å². The first-order valence-electron chi connectivity index (χ1n) is 7.37. The van der Waals surface area contributed by atoms with E-state index in [1.165, 1.54) is 16.3 Å². The van der Waals surface area contributed by atoms with Gasteiger partial charge < -0.3 is 15.6 Å². The van der Waals surface area contributed by atoms with Gasteiger partial charge in [-0.1, -0.05) is 31.1 Å². The van der Waals surface area contributed by atoms with Gasteiger partial charge in [-0.25, -0.2) is 0 Å². The van der Waals surface area contributed by atoms with Crippen molar-refractivity contribution >= 4 is 39.4 Å². The number of anilines is 1. The number of hydrogen-bond acceptors (Lipinski definition) is 8. The van der Waals surface area contributed by atoms with E-state index in [9.17, 15) is 14.7 Å². The molecule has 0 aliphatic carbocycles. The second-order valence-electron chi connectivity index (χ2n) is 5.34. The summed E-state index contributed by atoms with van der Waals surface area (Å²) in [7, 11) is 0. The maximum Gasteiger partial charge on any atom is 0.311 e. The lowest BCUT2D eigenvalue weighted by molar-refractivity contribution is -0.0400. The zero-order chi connectivity index (χ0) is 16.6. The lowest BCUT2D eigenvalue weighted by Gasteiger charge is -2.18. The molecule has 1 fully saturated rings. The number of thioether (sulfide) groups is 1. The topological polar surface area (TPSA) is 123 Å². The van der Waals surface area contributed by atoms with Gasteiger partial charge in [0.05, 0.1) is 6.10 Å². The van der Waals surface area contributed by atoms with E-state index < -0.39 is 17.9 Å². The zero-order valence-electron chi connectivity index (χ0n) is 12.5. The summed E-state index contributed by atoms with van der Waals surface area (Å²) in [6.07, 6.45) is 1.44. The van der Waals surface area contributed by atoms with E-state index in [1.54, 1.807) is 0 Å². The Morgan fingerprint density at radius 1 is 1.57 bits per heavy atom. The van der Waals surface area contributed by atoms with Crippen LogP contribution in [0, 0.1) is 0 Å². The maximum atomic E-state index is 12.2. The summed E-state index contributed by atoms with van der Waals surface area (Å²) >= 11 is 2.28. The number of nitrogens with one attached hydrogen (secondary N) is 1. The summed E-state index contributed by atoms with van der Waals surface area (Å²) in [5.74, 6) is 0.466. The molecule has 2 aromatic heterocycles. The molecule has 10 heteroatoms. The molecule has 1 aliphatic heterocycles. The summed E-state index contributed by atoms with van der Waals surface area (Å²) in [5.41, 5.74) is 4.99. The van der Waals surface area contributed by atoms with Crippen LogP contribution in [0.15, 0.2) is 9.59 Å². The van der Waals surface area contributed by atoms with E-state index in [1.807, 2.05) is 0 Å². The number of fused-ring (bicyclic) bond motifs is 1. The van der Waals surface area contributed by atoms with Crippen molar-refractivity contribution in [3.63, 3.8) is 0 Å². The van der Waals surface area contributed by atoms with Gasteiger partial charge in [0.15, 0.2) is 5.65 Å². The van der Waals surface area contributed by atoms with Crippen LogP contribution in [0.5, 0.6) is 0 Å². The molecule has 4 N–H and O–H groups in total. The van der Waals surface area contributed by atoms with Gasteiger partial charge in [-0.15, -0.1) is 11.8 Å². The van der Waals surface area contributed by atoms with Crippen LogP contribution in [-0.4, -0.2) is 36.9 Å². The number of thiazole rings is 1. The maximum absolute atomic E-state index is 12.2. The van der Waals surface area contributed by atoms with Crippen LogP contribution in [0.3, 0.4) is 0 Å². The van der Waals surface area contributed by atoms with Gasteiger partial charge in [0.1, 0.15) is 16.4 Å². The molecule has 1 unspecified atom stereocenters. The van der Waals surface area contributed by atoms with Crippen molar-refractivity contribution in [2.45, 2.75) is 44.0 Å². The molecule has 3 heterocycles. The van der Waals surface area contributed by atoms with Crippen molar-refractivity contribution in [2.75, 3.05) is 11.5 Å². The first-order chi connectivity index (χ1) is 11.0. The van der Waals surface area contributed by atoms with E-state index in [0.717, 1.165) is 24.2 Å². The Morgan fingerprint density at radius 3 is 3.09 bits per heavy atom. The zero-order valence-corrected chi connectivity index (χ0v) is 14.2. The lowest BCUT2D eigenvalue weighted by Crippen LogP contribution is -2.27. The van der Waals surface area contributed by atoms with Crippen molar-refractivity contribution in [3.8, 4) is 0 Å². The molecule has 0 radical (unpaired) electrons. The number of aliphatic hydroxyl groups excluding tert-OH is 1. The van der Waals surface area contributed by atoms with Crippen LogP contribution in [0.2, 0.25) is 0 Å². The van der Waals surface area contributed by atoms with Crippen LogP contribution in [0.25, 0.3) is 10.3 Å². The van der Waals surface area contributed by atoms with Crippen molar-refractivity contribution < 1.29 is 9.84 Å². The number of unbranched alkanes of at least 4 members (excludes halogenated alkanes) is 1. The van der Waals surface area contributed by atoms with Crippen molar-refractivity contribution in [3.05, 3.63) is 20.0 Å². The minimum atomic E-state index is -0.577. The van der Waals surface area contributed by atoms with E-state index >= 15 is 0 Å². The minimum absolute atomic E-state index is 0.0424. The molecule has 8 nitrogen and oxygen atoms in total. The second-order valence-corrected chi connectivity index (χ2v) is 7.44. The van der Waals surface area contributed by atoms with Gasteiger partial charge in [0, 0.05) is 5.75 Å². The van der Waals surface area contributed by atoms with Gasteiger partial charge in [-0.2, -0.15) is 4.98 Å². The van der Waals surface area contributed by atoms with Crippen LogP contribution in [0.1, 0.15) is 32.4 Å². The molecule has 0 spiro atoms. The summed E-state index contributed by atoms with van der Waals surface area (Å²) in [5, 5.41) is 10.1. The Morgan fingerprint density at radius 2 is 2.35 bits per heavy atom. The highest BCUT2D eigenvalue weighted by molar-refractivity contribution is 8.00. The molecule has 0 aromatic carbocycles. The van der Waals surface area contributed by atoms with E-state index in [4.69, 9.17) is 10.5 Å². The third-order valence-corrected chi connectivity index (χ3v) is 5.82. The Bertz CT molecular complexity index is 814. The molecule has 1 aliphatic rings. The van der Waals surface area contributed by atoms with Crippen LogP contribution < -0.4 is 16.2 Å². The van der Waals surface area contributed by atoms with Crippen LogP contribution in [0.4, 0.5) is 5.95 Å². The van der Waals surface area contributed by atoms with Gasteiger partial charge in [-0.05, 0) is 6.42 Å². The Hall–Kier alpha value is -1.36. The molecule has 0 bridgehead atoms. The summed E-state index contributed by atoms with van der Waals surface area (Å²) in [4.78, 5) is 30.2. The van der Waals surface area contributed by atoms with Gasteiger partial charge in [0.2, 0.25) is 5.95 Å². The number of nitrogen functional groups attached to an aromatic ring is 1. The monoisotopic (exact) mass is 358 g/mol. The van der Waals surface area contributed by atoms with Crippen LogP contribution in [-0.2, 0) is 4.74 Å². The number of nitrogens with two attached hydrogens (primary N) is 1. The standard InChI is InChI=1S/C13H18N4O4S2/c1-2-3-4-6(18)11-21-7(5-22-11)17-9-8(23-13(17)20)10(19)16-12(14)15-9/h6-7,11,18H,2-5H2,1H3,(H3,14,15,16,19)/t6?,7-,11+/m1/s1. The fourth-order valence-electron chi connectivity index (χ4n) is 2.50. The lowest BCUT2D eigenvalue weighted by atomic mass is 10.2. The van der Waals surface area contributed by atoms with Crippen LogP contribution >= 0.6 is 23.1 Å². The normalized spacial score (nSPS) is 22.7. The highest BCUT2D eigenvalue weighted by Crippen LogP contribution is 2.35. The number of aromatic amines is 1. The highest BCUT2D eigenvalue weighted by Gasteiger charge is 2.34. The molecule has 3 atom stereocenters. The van der Waals surface area contributed by atoms with Gasteiger partial charge in [0.25, 0.3) is 5.56 Å². The molecule has 1 saturated heterocycles. The molecule has 3 rings (SSSR count). The predicted octanol–water partition coefficient (Wildman–Crippen LogP) is 0.868. The molecule has 126 valence electrons. The number of ether oxygens (including phenoxy) is 1. The predicted molar refractivity (Wildman–Crippen MR) is 90.8 cm³/mol. The molecule has 0 saturated carbocycles. The number of rotatable bonds is 5. The number of nitrogens with zero attached hydrogens (tertiary/aromatic N) is 2. The number of aliphatic hydroxyl groups is 1. The van der Waals surface area contributed by atoms with Crippen molar-refractivity contribution in [2.24, 2.45) is 0 Å². The van der Waals surface area contributed by atoms with Crippen molar-refractivity contribution in [1.82, 2.24) is 14.5 Å². The number of H-pyrrole nitrogens is 1. The molecule has 0 amide bonds. The van der Waals surface area contributed by atoms with Gasteiger partial charge in [-0.3, -0.25) is 19.1 Å². The Kier molecular flexibility index (Phi) is 4.76. The average Bonchev–Trinajstić information content (AvgIpc) is 3.09. The van der Waals surface area contributed by atoms with E-state index in [-0.39, 0.29) is 26.6 Å². The molecular formula is C13H18N4O4S2. The quantitative estimate of drug-likeness (QED) is 0.724. The van der Waals surface area contributed by atoms with Gasteiger partial charge >= 0.3 is 4.87 Å².